The Hall–Kier alpha value is -2.87. The monoisotopic (exact) mass is 372 g/mol. The average Bonchev–Trinajstić information content (AvgIpc) is 3.56. The van der Waals surface area contributed by atoms with Crippen LogP contribution in [0.5, 0.6) is 0 Å². The smallest absolute Gasteiger partial charge is 0.230 e. The Morgan fingerprint density at radius 1 is 1.21 bits per heavy atom. The van der Waals surface area contributed by atoms with Crippen molar-refractivity contribution in [2.24, 2.45) is 5.92 Å². The van der Waals surface area contributed by atoms with Crippen molar-refractivity contribution in [1.82, 2.24) is 4.98 Å². The molecule has 1 aliphatic heterocycles. The number of rotatable bonds is 2. The lowest BCUT2D eigenvalue weighted by Gasteiger charge is -2.30. The van der Waals surface area contributed by atoms with Crippen LogP contribution in [-0.2, 0) is 16.8 Å². The first-order valence-electron chi connectivity index (χ1n) is 10.3. The van der Waals surface area contributed by atoms with Gasteiger partial charge in [-0.05, 0) is 49.4 Å². The van der Waals surface area contributed by atoms with Gasteiger partial charge in [-0.1, -0.05) is 31.4 Å². The molecule has 1 aromatic carbocycles. The van der Waals surface area contributed by atoms with Gasteiger partial charge in [0.15, 0.2) is 0 Å². The predicted molar refractivity (Wildman–Crippen MR) is 108 cm³/mol. The van der Waals surface area contributed by atoms with Gasteiger partial charge >= 0.3 is 0 Å². The van der Waals surface area contributed by atoms with E-state index >= 15 is 0 Å². The van der Waals surface area contributed by atoms with Crippen molar-refractivity contribution >= 4 is 23.1 Å². The molecule has 0 saturated heterocycles. The second-order valence-electron chi connectivity index (χ2n) is 8.32. The fourth-order valence-corrected chi connectivity index (χ4v) is 4.58. The number of pyridine rings is 1. The zero-order valence-corrected chi connectivity index (χ0v) is 15.9. The molecule has 0 bridgehead atoms. The number of carbonyl (C=O) groups is 1. The van der Waals surface area contributed by atoms with E-state index in [-0.39, 0.29) is 17.2 Å². The number of nitriles is 1. The van der Waals surface area contributed by atoms with E-state index in [1.807, 2.05) is 29.2 Å². The Kier molecular flexibility index (Phi) is 4.08. The predicted octanol–water partition coefficient (Wildman–Crippen LogP) is 4.81. The van der Waals surface area contributed by atoms with Crippen LogP contribution in [0.4, 0.5) is 17.2 Å². The minimum absolute atomic E-state index is 0.0920. The summed E-state index contributed by atoms with van der Waals surface area (Å²) in [6.07, 6.45) is 8.99. The highest BCUT2D eigenvalue weighted by atomic mass is 16.2. The number of nitrogens with zero attached hydrogens (tertiary/aromatic N) is 3. The molecular weight excluding hydrogens is 348 g/mol. The third-order valence-electron chi connectivity index (χ3n) is 6.50. The maximum absolute atomic E-state index is 13.5. The minimum Gasteiger partial charge on any atom is -0.338 e. The SMILES string of the molecule is N#CC1(c2ccc3c(c2)N(C(=O)C2CCCCC2)Cc2cccnc2N3)CC1. The van der Waals surface area contributed by atoms with Crippen molar-refractivity contribution in [2.45, 2.75) is 56.9 Å². The number of aromatic nitrogens is 1. The lowest BCUT2D eigenvalue weighted by atomic mass is 9.88. The lowest BCUT2D eigenvalue weighted by Crippen LogP contribution is -2.36. The van der Waals surface area contributed by atoms with Crippen LogP contribution in [0.2, 0.25) is 0 Å². The van der Waals surface area contributed by atoms with Crippen LogP contribution in [0.15, 0.2) is 36.5 Å². The molecule has 28 heavy (non-hydrogen) atoms. The fourth-order valence-electron chi connectivity index (χ4n) is 4.58. The number of hydrogen-bond acceptors (Lipinski definition) is 4. The van der Waals surface area contributed by atoms with Crippen LogP contribution in [0.3, 0.4) is 0 Å². The van der Waals surface area contributed by atoms with Gasteiger partial charge in [0.25, 0.3) is 0 Å². The average molecular weight is 372 g/mol. The van der Waals surface area contributed by atoms with Gasteiger partial charge in [-0.15, -0.1) is 0 Å². The van der Waals surface area contributed by atoms with Gasteiger partial charge in [0.2, 0.25) is 5.91 Å². The molecule has 2 saturated carbocycles. The normalized spacial score (nSPS) is 20.2. The third-order valence-corrected chi connectivity index (χ3v) is 6.50. The quantitative estimate of drug-likeness (QED) is 0.821. The second-order valence-corrected chi connectivity index (χ2v) is 8.32. The van der Waals surface area contributed by atoms with Crippen molar-refractivity contribution in [2.75, 3.05) is 10.2 Å². The molecule has 0 unspecified atom stereocenters. The molecule has 2 aromatic rings. The van der Waals surface area contributed by atoms with E-state index in [4.69, 9.17) is 0 Å². The van der Waals surface area contributed by atoms with Gasteiger partial charge < -0.3 is 10.2 Å². The molecule has 5 nitrogen and oxygen atoms in total. The molecule has 1 N–H and O–H groups in total. The Labute approximate surface area is 165 Å². The highest BCUT2D eigenvalue weighted by molar-refractivity contribution is 5.99. The number of anilines is 3. The molecule has 2 aliphatic carbocycles. The lowest BCUT2D eigenvalue weighted by molar-refractivity contribution is -0.123. The maximum atomic E-state index is 13.5. The first-order valence-corrected chi connectivity index (χ1v) is 10.3. The number of nitrogens with one attached hydrogen (secondary N) is 1. The summed E-state index contributed by atoms with van der Waals surface area (Å²) < 4.78 is 0. The highest BCUT2D eigenvalue weighted by Gasteiger charge is 2.45. The fraction of sp³-hybridized carbons (Fsp3) is 0.435. The van der Waals surface area contributed by atoms with Gasteiger partial charge in [0.05, 0.1) is 29.4 Å². The van der Waals surface area contributed by atoms with E-state index in [1.165, 1.54) is 6.42 Å². The zero-order chi connectivity index (χ0) is 19.1. The molecule has 1 aromatic heterocycles. The summed E-state index contributed by atoms with van der Waals surface area (Å²) >= 11 is 0. The number of fused-ring (bicyclic) bond motifs is 2. The first kappa shape index (κ1) is 17.2. The van der Waals surface area contributed by atoms with Crippen LogP contribution in [0, 0.1) is 17.2 Å². The van der Waals surface area contributed by atoms with E-state index in [9.17, 15) is 10.1 Å². The van der Waals surface area contributed by atoms with E-state index in [1.54, 1.807) is 6.20 Å². The van der Waals surface area contributed by atoms with Gasteiger partial charge in [-0.3, -0.25) is 4.79 Å². The van der Waals surface area contributed by atoms with Gasteiger partial charge in [0.1, 0.15) is 5.82 Å². The summed E-state index contributed by atoms with van der Waals surface area (Å²) in [6, 6.07) is 12.5. The summed E-state index contributed by atoms with van der Waals surface area (Å²) in [4.78, 5) is 20.0. The Balaban J connectivity index is 1.59. The molecule has 3 aliphatic rings. The molecule has 1 amide bonds. The van der Waals surface area contributed by atoms with Crippen molar-refractivity contribution in [3.8, 4) is 6.07 Å². The Bertz CT molecular complexity index is 967. The van der Waals surface area contributed by atoms with Crippen molar-refractivity contribution in [3.05, 3.63) is 47.7 Å². The Morgan fingerprint density at radius 3 is 2.79 bits per heavy atom. The second kappa shape index (κ2) is 6.63. The maximum Gasteiger partial charge on any atom is 0.230 e. The molecule has 2 fully saturated rings. The zero-order valence-electron chi connectivity index (χ0n) is 15.9. The van der Waals surface area contributed by atoms with Crippen LogP contribution < -0.4 is 10.2 Å². The van der Waals surface area contributed by atoms with Crippen LogP contribution in [-0.4, -0.2) is 10.9 Å². The minimum atomic E-state index is -0.369. The van der Waals surface area contributed by atoms with E-state index in [0.29, 0.717) is 6.54 Å². The highest BCUT2D eigenvalue weighted by Crippen LogP contribution is 2.50. The van der Waals surface area contributed by atoms with Gasteiger partial charge in [-0.25, -0.2) is 4.98 Å². The summed E-state index contributed by atoms with van der Waals surface area (Å²) in [5.41, 5.74) is 3.44. The molecule has 2 heterocycles. The molecular formula is C23H24N4O. The number of benzene rings is 1. The summed E-state index contributed by atoms with van der Waals surface area (Å²) in [5.74, 6) is 1.10. The summed E-state index contributed by atoms with van der Waals surface area (Å²) in [6.45, 7) is 0.515. The summed E-state index contributed by atoms with van der Waals surface area (Å²) in [7, 11) is 0. The topological polar surface area (TPSA) is 69.0 Å². The molecule has 5 heteroatoms. The van der Waals surface area contributed by atoms with E-state index < -0.39 is 0 Å². The summed E-state index contributed by atoms with van der Waals surface area (Å²) in [5, 5.41) is 13.1. The largest absolute Gasteiger partial charge is 0.338 e. The van der Waals surface area contributed by atoms with E-state index in [0.717, 1.165) is 66.8 Å². The van der Waals surface area contributed by atoms with Crippen LogP contribution in [0.1, 0.15) is 56.1 Å². The van der Waals surface area contributed by atoms with Crippen LogP contribution >= 0.6 is 0 Å². The standard InChI is InChI=1S/C23H24N4O/c24-15-23(10-11-23)18-8-9-19-20(13-18)27(22(28)16-5-2-1-3-6-16)14-17-7-4-12-25-21(17)26-19/h4,7-9,12-13,16H,1-3,5-6,10-11,14H2,(H,25,26). The number of carbonyl (C=O) groups excluding carboxylic acids is 1. The molecule has 142 valence electrons. The third kappa shape index (κ3) is 2.84. The van der Waals surface area contributed by atoms with Gasteiger partial charge in [-0.2, -0.15) is 5.26 Å². The number of hydrogen-bond donors (Lipinski definition) is 1. The Morgan fingerprint density at radius 2 is 2.04 bits per heavy atom. The molecule has 0 atom stereocenters. The number of amides is 1. The first-order chi connectivity index (χ1) is 13.7. The molecule has 0 spiro atoms. The molecule has 0 radical (unpaired) electrons. The van der Waals surface area contributed by atoms with Crippen LogP contribution in [0.25, 0.3) is 0 Å². The van der Waals surface area contributed by atoms with Crippen molar-refractivity contribution in [1.29, 1.82) is 5.26 Å². The molecule has 5 rings (SSSR count). The van der Waals surface area contributed by atoms with E-state index in [2.05, 4.69) is 22.4 Å². The van der Waals surface area contributed by atoms with Crippen molar-refractivity contribution < 1.29 is 4.79 Å². The van der Waals surface area contributed by atoms with Gasteiger partial charge in [0, 0.05) is 17.7 Å². The van der Waals surface area contributed by atoms with Crippen molar-refractivity contribution in [3.63, 3.8) is 0 Å².